The summed E-state index contributed by atoms with van der Waals surface area (Å²) in [6, 6.07) is 0. The molecule has 0 aliphatic rings. The van der Waals surface area contributed by atoms with Crippen molar-refractivity contribution in [1.82, 2.24) is 0 Å². The van der Waals surface area contributed by atoms with Crippen molar-refractivity contribution in [1.29, 1.82) is 5.26 Å². The summed E-state index contributed by atoms with van der Waals surface area (Å²) in [6.07, 6.45) is 2.67. The van der Waals surface area contributed by atoms with E-state index in [1.54, 1.807) is 0 Å². The molecule has 0 aliphatic carbocycles. The van der Waals surface area contributed by atoms with Gasteiger partial charge in [-0.15, -0.1) is 6.42 Å². The van der Waals surface area contributed by atoms with Crippen LogP contribution in [0, 0.1) is 18.4 Å². The zero-order valence-corrected chi connectivity index (χ0v) is 15.9. The molecule has 0 fully saturated rings. The Morgan fingerprint density at radius 2 is 1.83 bits per heavy atom. The summed E-state index contributed by atoms with van der Waals surface area (Å²) < 4.78 is 9.06. The van der Waals surface area contributed by atoms with Crippen molar-refractivity contribution in [2.24, 2.45) is 0 Å². The molecule has 0 rings (SSSR count). The number of carbonyl (C=O) groups is 2. The van der Waals surface area contributed by atoms with Gasteiger partial charge in [-0.1, -0.05) is 6.42 Å². The molecule has 0 atom stereocenters. The molecule has 18 heavy (non-hydrogen) atoms. The van der Waals surface area contributed by atoms with Crippen molar-refractivity contribution in [3.8, 4) is 0 Å². The summed E-state index contributed by atoms with van der Waals surface area (Å²) in [5.41, 5.74) is 0. The molecule has 0 amide bonds. The predicted molar refractivity (Wildman–Crippen MR) is 60.4 cm³/mol. The third-order valence-corrected chi connectivity index (χ3v) is 1.43. The fraction of sp³-hybridized carbons (Fsp3) is 0.600. The quantitative estimate of drug-likeness (QED) is 0.285. The van der Waals surface area contributed by atoms with Crippen LogP contribution in [0.2, 0.25) is 0 Å². The second-order valence-electron chi connectivity index (χ2n) is 2.60. The van der Waals surface area contributed by atoms with Gasteiger partial charge in [0.15, 0.2) is 0 Å². The molecule has 0 spiro atoms. The molecule has 0 aromatic rings. The molecule has 0 bridgehead atoms. The Morgan fingerprint density at radius 1 is 1.33 bits per heavy atom. The van der Waals surface area contributed by atoms with E-state index in [1.165, 1.54) is 37.0 Å². The molecule has 0 heterocycles. The van der Waals surface area contributed by atoms with Crippen molar-refractivity contribution in [3.05, 3.63) is 13.2 Å². The Labute approximate surface area is 135 Å². The van der Waals surface area contributed by atoms with E-state index in [0.29, 0.717) is 12.8 Å². The van der Waals surface area contributed by atoms with Gasteiger partial charge in [0.05, 0.1) is 7.11 Å². The molecule has 8 heteroatoms. The number of halogens is 1. The van der Waals surface area contributed by atoms with Gasteiger partial charge in [-0.05, 0) is 6.42 Å². The van der Waals surface area contributed by atoms with Crippen molar-refractivity contribution >= 4 is 25.6 Å². The van der Waals surface area contributed by atoms with E-state index in [9.17, 15) is 9.59 Å². The van der Waals surface area contributed by atoms with Crippen LogP contribution in [-0.2, 0) is 52.5 Å². The zero-order chi connectivity index (χ0) is 14.1. The summed E-state index contributed by atoms with van der Waals surface area (Å²) in [5, 5.41) is 6.25. The second kappa shape index (κ2) is 25.8. The number of hydrogen-bond acceptors (Lipinski definition) is 5. The van der Waals surface area contributed by atoms with E-state index >= 15 is 0 Å². The molecule has 5 nitrogen and oxygen atoms in total. The number of ether oxygens (including phenoxy) is 2. The Morgan fingerprint density at radius 3 is 2.22 bits per heavy atom. The molecular formula is C10H15BrCuNO4Zn. The third-order valence-electron chi connectivity index (χ3n) is 1.43. The number of hydrogen-bond donors (Lipinski definition) is 0. The summed E-state index contributed by atoms with van der Waals surface area (Å²) >= 11 is 4.25. The molecule has 0 saturated carbocycles. The van der Waals surface area contributed by atoms with Gasteiger partial charge in [0.25, 0.3) is 5.97 Å². The first-order valence-corrected chi connectivity index (χ1v) is 11.7. The number of unbranched alkanes of at least 4 members (excludes halogenated alkanes) is 2. The average Bonchev–Trinajstić information content (AvgIpc) is 2.37. The number of carbonyl (C=O) groups excluding carboxylic acids is 2. The maximum atomic E-state index is 10.6. The summed E-state index contributed by atoms with van der Waals surface area (Å²) in [4.78, 5) is 20.9. The molecule has 0 radical (unpaired) electrons. The van der Waals surface area contributed by atoms with Crippen LogP contribution >= 0.6 is 13.6 Å². The van der Waals surface area contributed by atoms with E-state index < -0.39 is 0 Å². The molecule has 0 aromatic heterocycles. The van der Waals surface area contributed by atoms with Crippen molar-refractivity contribution in [3.63, 3.8) is 0 Å². The van der Waals surface area contributed by atoms with Gasteiger partial charge in [0, 0.05) is 13.3 Å². The maximum absolute atomic E-state index is 10.6. The van der Waals surface area contributed by atoms with E-state index in [0.717, 1.165) is 12.8 Å². The topological polar surface area (TPSA) is 76.4 Å². The van der Waals surface area contributed by atoms with E-state index in [1.807, 2.05) is 0 Å². The van der Waals surface area contributed by atoms with E-state index in [2.05, 4.69) is 23.1 Å². The van der Waals surface area contributed by atoms with Crippen LogP contribution in [0.4, 0.5) is 0 Å². The second-order valence-corrected chi connectivity index (χ2v) is 2.60. The summed E-state index contributed by atoms with van der Waals surface area (Å²) in [5.74, 6) is -0.513. The predicted octanol–water partition coefficient (Wildman–Crippen LogP) is 2.38. The first kappa shape index (κ1) is 26.6. The van der Waals surface area contributed by atoms with Gasteiger partial charge in [0.1, 0.15) is 0 Å². The van der Waals surface area contributed by atoms with Gasteiger partial charge in [-0.25, -0.2) is 0 Å². The Bertz CT molecular complexity index is 217. The average molecular weight is 422 g/mol. The fourth-order valence-electron chi connectivity index (χ4n) is 0.775. The van der Waals surface area contributed by atoms with Crippen LogP contribution in [0.15, 0.2) is 0 Å². The number of nitrogens with zero attached hydrogens (tertiary/aromatic N) is 1. The van der Waals surface area contributed by atoms with Gasteiger partial charge >= 0.3 is 53.0 Å². The minimum absolute atomic E-state index is 0. The van der Waals surface area contributed by atoms with Crippen LogP contribution < -0.4 is 0 Å². The Hall–Kier alpha value is 0.0529. The zero-order valence-electron chi connectivity index (χ0n) is 10.4. The van der Waals surface area contributed by atoms with E-state index in [4.69, 9.17) is 11.8 Å². The number of esters is 2. The van der Waals surface area contributed by atoms with Gasteiger partial charge in [-0.2, -0.15) is 6.61 Å². The first-order chi connectivity index (χ1) is 8.16. The van der Waals surface area contributed by atoms with Crippen molar-refractivity contribution < 1.29 is 52.5 Å². The monoisotopic (exact) mass is 419 g/mol. The molecule has 0 aliphatic heterocycles. The molecule has 0 saturated heterocycles. The van der Waals surface area contributed by atoms with Gasteiger partial charge in [0.2, 0.25) is 0 Å². The summed E-state index contributed by atoms with van der Waals surface area (Å²) in [6.45, 7) is 7.56. The molecular weight excluding hydrogens is 407 g/mol. The minimum atomic E-state index is -0.312. The normalized spacial score (nSPS) is 7.28. The molecule has 104 valence electrons. The van der Waals surface area contributed by atoms with Crippen LogP contribution in [0.3, 0.4) is 0 Å². The van der Waals surface area contributed by atoms with Gasteiger partial charge < -0.3 is 21.3 Å². The van der Waals surface area contributed by atoms with Crippen LogP contribution in [0.25, 0.3) is 0 Å². The van der Waals surface area contributed by atoms with E-state index in [-0.39, 0.29) is 29.0 Å². The molecule has 0 N–H and O–H groups in total. The molecule has 0 aromatic carbocycles. The van der Waals surface area contributed by atoms with Gasteiger partial charge in [-0.3, -0.25) is 9.59 Å². The number of rotatable bonds is 6. The first-order valence-electron chi connectivity index (χ1n) is 4.71. The van der Waals surface area contributed by atoms with Crippen LogP contribution in [0.1, 0.15) is 32.6 Å². The third kappa shape index (κ3) is 29.8. The summed E-state index contributed by atoms with van der Waals surface area (Å²) in [7, 11) is 1.37. The number of methoxy groups -OCH3 is 1. The van der Waals surface area contributed by atoms with Crippen LogP contribution in [0.5, 0.6) is 0 Å². The van der Waals surface area contributed by atoms with Crippen molar-refractivity contribution in [2.45, 2.75) is 32.6 Å². The SMILES string of the molecule is COC(=O)CCCC[CH-]OC(C)=O.[C-]#N.[Cu+].[Zn+][Br]. The van der Waals surface area contributed by atoms with Crippen molar-refractivity contribution in [2.75, 3.05) is 7.11 Å². The standard InChI is InChI=1S/C9H15O4.CN.BrH.Cu.Zn/c1-8(10)13-7-5-3-4-6-9(11)12-2;1-2;;;/h7H,3-6H2,1-2H3;;1H;;/q2*-1;;+1;+2/p-1. The Kier molecular flexibility index (Phi) is 38.1. The fourth-order valence-corrected chi connectivity index (χ4v) is 0.775. The Balaban J connectivity index is -0.000000177. The molecule has 0 unspecified atom stereocenters. The van der Waals surface area contributed by atoms with Crippen LogP contribution in [-0.4, -0.2) is 19.0 Å².